The number of imidazole rings is 1. The van der Waals surface area contributed by atoms with Crippen molar-refractivity contribution < 1.29 is 0 Å². The first-order valence-electron chi connectivity index (χ1n) is 5.57. The molecule has 2 rings (SSSR count). The van der Waals surface area contributed by atoms with E-state index in [0.717, 1.165) is 5.65 Å². The van der Waals surface area contributed by atoms with Crippen molar-refractivity contribution in [1.29, 1.82) is 0 Å². The minimum Gasteiger partial charge on any atom is -0.304 e. The van der Waals surface area contributed by atoms with Crippen LogP contribution in [0.3, 0.4) is 0 Å². The molecule has 0 aliphatic rings. The second-order valence-electron chi connectivity index (χ2n) is 4.65. The highest BCUT2D eigenvalue weighted by Gasteiger charge is 2.09. The molecule has 0 bridgehead atoms. The molecule has 0 fully saturated rings. The molecule has 2 aromatic rings. The molecule has 15 heavy (non-hydrogen) atoms. The molecule has 0 unspecified atom stereocenters. The monoisotopic (exact) mass is 202 g/mol. The maximum absolute atomic E-state index is 4.62. The third kappa shape index (κ3) is 1.76. The summed E-state index contributed by atoms with van der Waals surface area (Å²) in [7, 11) is 0. The molecule has 80 valence electrons. The number of nitrogens with zero attached hydrogens (tertiary/aromatic N) is 2. The van der Waals surface area contributed by atoms with Crippen molar-refractivity contribution in [3.63, 3.8) is 0 Å². The molecule has 0 aliphatic heterocycles. The van der Waals surface area contributed by atoms with E-state index in [-0.39, 0.29) is 0 Å². The van der Waals surface area contributed by atoms with Gasteiger partial charge in [0.15, 0.2) is 0 Å². The minimum atomic E-state index is 0.491. The predicted octanol–water partition coefficient (Wildman–Crippen LogP) is 3.58. The van der Waals surface area contributed by atoms with Gasteiger partial charge in [-0.05, 0) is 24.0 Å². The molecule has 0 N–H and O–H groups in total. The molecule has 2 heterocycles. The Morgan fingerprint density at radius 3 is 2.40 bits per heavy atom. The number of hydrogen-bond acceptors (Lipinski definition) is 1. The Morgan fingerprint density at radius 2 is 1.80 bits per heavy atom. The molecule has 0 aromatic carbocycles. The zero-order valence-electron chi connectivity index (χ0n) is 9.86. The van der Waals surface area contributed by atoms with Gasteiger partial charge in [0, 0.05) is 11.9 Å². The first kappa shape index (κ1) is 10.2. The van der Waals surface area contributed by atoms with Crippen LogP contribution in [0.2, 0.25) is 0 Å². The molecular formula is C13H18N2. The Morgan fingerprint density at radius 1 is 1.07 bits per heavy atom. The standard InChI is InChI=1S/C13H18N2/c1-9(2)11-8-15-12(10(3)4)6-5-7-13(15)14-11/h5-10H,1-4H3. The van der Waals surface area contributed by atoms with Crippen LogP contribution in [0.5, 0.6) is 0 Å². The number of pyridine rings is 1. The lowest BCUT2D eigenvalue weighted by Gasteiger charge is -2.07. The Balaban J connectivity index is 2.64. The number of rotatable bonds is 2. The van der Waals surface area contributed by atoms with Gasteiger partial charge in [-0.3, -0.25) is 0 Å². The molecule has 2 aromatic heterocycles. The van der Waals surface area contributed by atoms with E-state index in [1.54, 1.807) is 0 Å². The van der Waals surface area contributed by atoms with Crippen molar-refractivity contribution >= 4 is 5.65 Å². The van der Waals surface area contributed by atoms with Crippen molar-refractivity contribution in [3.8, 4) is 0 Å². The summed E-state index contributed by atoms with van der Waals surface area (Å²) >= 11 is 0. The Hall–Kier alpha value is -1.31. The fourth-order valence-electron chi connectivity index (χ4n) is 1.80. The van der Waals surface area contributed by atoms with E-state index < -0.39 is 0 Å². The average molecular weight is 202 g/mol. The van der Waals surface area contributed by atoms with Crippen molar-refractivity contribution in [1.82, 2.24) is 9.38 Å². The Labute approximate surface area is 91.0 Å². The van der Waals surface area contributed by atoms with E-state index in [0.29, 0.717) is 11.8 Å². The fourth-order valence-corrected chi connectivity index (χ4v) is 1.80. The van der Waals surface area contributed by atoms with Crippen LogP contribution in [-0.4, -0.2) is 9.38 Å². The van der Waals surface area contributed by atoms with E-state index in [9.17, 15) is 0 Å². The van der Waals surface area contributed by atoms with Gasteiger partial charge in [0.1, 0.15) is 5.65 Å². The van der Waals surface area contributed by atoms with Crippen LogP contribution in [0.15, 0.2) is 24.4 Å². The summed E-state index contributed by atoms with van der Waals surface area (Å²) in [5.41, 5.74) is 3.56. The molecule has 0 saturated heterocycles. The summed E-state index contributed by atoms with van der Waals surface area (Å²) < 4.78 is 2.21. The van der Waals surface area contributed by atoms with Gasteiger partial charge in [-0.2, -0.15) is 0 Å². The van der Waals surface area contributed by atoms with E-state index in [1.807, 2.05) is 0 Å². The Bertz CT molecular complexity index is 466. The van der Waals surface area contributed by atoms with Crippen molar-refractivity contribution in [2.24, 2.45) is 0 Å². The van der Waals surface area contributed by atoms with Crippen LogP contribution in [0.4, 0.5) is 0 Å². The van der Waals surface area contributed by atoms with Gasteiger partial charge in [0.2, 0.25) is 0 Å². The minimum absolute atomic E-state index is 0.491. The van der Waals surface area contributed by atoms with Crippen LogP contribution in [0.1, 0.15) is 50.9 Å². The predicted molar refractivity (Wildman–Crippen MR) is 63.4 cm³/mol. The summed E-state index contributed by atoms with van der Waals surface area (Å²) in [5.74, 6) is 1.02. The van der Waals surface area contributed by atoms with Gasteiger partial charge in [-0.25, -0.2) is 4.98 Å². The maximum atomic E-state index is 4.62. The van der Waals surface area contributed by atoms with Crippen molar-refractivity contribution in [2.45, 2.75) is 39.5 Å². The lowest BCUT2D eigenvalue weighted by Crippen LogP contribution is -1.97. The van der Waals surface area contributed by atoms with Crippen LogP contribution < -0.4 is 0 Å². The smallest absolute Gasteiger partial charge is 0.137 e. The molecule has 0 aliphatic carbocycles. The molecule has 0 atom stereocenters. The van der Waals surface area contributed by atoms with Crippen molar-refractivity contribution in [3.05, 3.63) is 35.8 Å². The quantitative estimate of drug-likeness (QED) is 0.727. The highest BCUT2D eigenvalue weighted by Crippen LogP contribution is 2.20. The number of hydrogen-bond donors (Lipinski definition) is 0. The lowest BCUT2D eigenvalue weighted by molar-refractivity contribution is 0.796. The zero-order valence-corrected chi connectivity index (χ0v) is 9.86. The van der Waals surface area contributed by atoms with E-state index in [1.165, 1.54) is 11.4 Å². The highest BCUT2D eigenvalue weighted by atomic mass is 15.0. The normalized spacial score (nSPS) is 11.9. The second-order valence-corrected chi connectivity index (χ2v) is 4.65. The molecule has 2 heteroatoms. The second kappa shape index (κ2) is 3.69. The number of fused-ring (bicyclic) bond motifs is 1. The maximum Gasteiger partial charge on any atom is 0.137 e. The van der Waals surface area contributed by atoms with Gasteiger partial charge < -0.3 is 4.40 Å². The largest absolute Gasteiger partial charge is 0.304 e. The first-order valence-corrected chi connectivity index (χ1v) is 5.57. The zero-order chi connectivity index (χ0) is 11.0. The van der Waals surface area contributed by atoms with Crippen LogP contribution in [0, 0.1) is 0 Å². The molecule has 0 saturated carbocycles. The van der Waals surface area contributed by atoms with E-state index >= 15 is 0 Å². The topological polar surface area (TPSA) is 17.3 Å². The number of aromatic nitrogens is 2. The van der Waals surface area contributed by atoms with Crippen molar-refractivity contribution in [2.75, 3.05) is 0 Å². The summed E-state index contributed by atoms with van der Waals surface area (Å²) in [5, 5.41) is 0. The highest BCUT2D eigenvalue weighted by molar-refractivity contribution is 5.42. The van der Waals surface area contributed by atoms with E-state index in [2.05, 4.69) is 61.5 Å². The van der Waals surface area contributed by atoms with Crippen LogP contribution in [0.25, 0.3) is 5.65 Å². The summed E-state index contributed by atoms with van der Waals surface area (Å²) in [4.78, 5) is 4.62. The third-order valence-electron chi connectivity index (χ3n) is 2.73. The molecular weight excluding hydrogens is 184 g/mol. The first-order chi connectivity index (χ1) is 7.09. The third-order valence-corrected chi connectivity index (χ3v) is 2.73. The van der Waals surface area contributed by atoms with Gasteiger partial charge in [-0.1, -0.05) is 33.8 Å². The van der Waals surface area contributed by atoms with Gasteiger partial charge in [0.05, 0.1) is 5.69 Å². The average Bonchev–Trinajstić information content (AvgIpc) is 2.60. The molecule has 0 spiro atoms. The molecule has 0 radical (unpaired) electrons. The van der Waals surface area contributed by atoms with Gasteiger partial charge in [0.25, 0.3) is 0 Å². The fraction of sp³-hybridized carbons (Fsp3) is 0.462. The van der Waals surface area contributed by atoms with E-state index in [4.69, 9.17) is 0 Å². The SMILES string of the molecule is CC(C)c1cn2c(C(C)C)cccc2n1. The van der Waals surface area contributed by atoms with Gasteiger partial charge >= 0.3 is 0 Å². The summed E-state index contributed by atoms with van der Waals surface area (Å²) in [6, 6.07) is 6.32. The lowest BCUT2D eigenvalue weighted by atomic mass is 10.1. The molecule has 2 nitrogen and oxygen atoms in total. The van der Waals surface area contributed by atoms with Crippen LogP contribution in [-0.2, 0) is 0 Å². The summed E-state index contributed by atoms with van der Waals surface area (Å²) in [6.45, 7) is 8.78. The van der Waals surface area contributed by atoms with Gasteiger partial charge in [-0.15, -0.1) is 0 Å². The Kier molecular flexibility index (Phi) is 2.51. The summed E-state index contributed by atoms with van der Waals surface area (Å²) in [6.07, 6.45) is 2.16. The molecule has 0 amide bonds. The van der Waals surface area contributed by atoms with Crippen LogP contribution >= 0.6 is 0 Å².